The summed E-state index contributed by atoms with van der Waals surface area (Å²) in [5.74, 6) is -0.175. The monoisotopic (exact) mass is 431 g/mol. The lowest BCUT2D eigenvalue weighted by Gasteiger charge is -2.07. The molecule has 0 amide bonds. The van der Waals surface area contributed by atoms with Crippen molar-refractivity contribution in [3.63, 3.8) is 0 Å². The molecule has 1 heterocycles. The highest BCUT2D eigenvalue weighted by molar-refractivity contribution is 7.90. The molecule has 0 aliphatic carbocycles. The maximum Gasteiger partial charge on any atom is 0.268 e. The maximum atomic E-state index is 13.4. The van der Waals surface area contributed by atoms with Crippen LogP contribution in [0.15, 0.2) is 106 Å². The number of rotatable bonds is 6. The summed E-state index contributed by atoms with van der Waals surface area (Å²) in [6, 6.07) is 25.3. The number of benzene rings is 3. The molecule has 7 nitrogen and oxygen atoms in total. The molecule has 31 heavy (non-hydrogen) atoms. The minimum Gasteiger partial charge on any atom is -0.369 e. The Hall–Kier alpha value is -3.91. The first-order valence-electron chi connectivity index (χ1n) is 9.57. The van der Waals surface area contributed by atoms with Crippen LogP contribution in [0.2, 0.25) is 0 Å². The van der Waals surface area contributed by atoms with E-state index in [9.17, 15) is 8.42 Å². The van der Waals surface area contributed by atoms with Crippen molar-refractivity contribution in [3.05, 3.63) is 102 Å². The quantitative estimate of drug-likeness (QED) is 0.277. The summed E-state index contributed by atoms with van der Waals surface area (Å²) in [6.07, 6.45) is 2.01. The van der Waals surface area contributed by atoms with Gasteiger partial charge in [-0.25, -0.2) is 12.4 Å². The Morgan fingerprint density at radius 2 is 1.42 bits per heavy atom. The van der Waals surface area contributed by atoms with Gasteiger partial charge in [0.25, 0.3) is 10.0 Å². The summed E-state index contributed by atoms with van der Waals surface area (Å²) in [4.78, 5) is 0.202. The molecule has 0 bridgehead atoms. The molecule has 0 unspecified atom stereocenters. The van der Waals surface area contributed by atoms with Gasteiger partial charge in [-0.3, -0.25) is 0 Å². The lowest BCUT2D eigenvalue weighted by atomic mass is 10.0. The molecule has 4 N–H and O–H groups in total. The second-order valence-electron chi connectivity index (χ2n) is 6.91. The molecule has 0 aliphatic heterocycles. The highest BCUT2D eigenvalue weighted by atomic mass is 32.2. The van der Waals surface area contributed by atoms with Crippen molar-refractivity contribution < 1.29 is 8.42 Å². The second kappa shape index (κ2) is 8.45. The number of guanidine groups is 1. The Balaban J connectivity index is 1.92. The summed E-state index contributed by atoms with van der Waals surface area (Å²) >= 11 is 0. The number of nitrogens with two attached hydrogens (primary N) is 2. The normalized spacial score (nSPS) is 12.1. The number of aromatic nitrogens is 1. The van der Waals surface area contributed by atoms with E-state index in [4.69, 9.17) is 11.5 Å². The maximum absolute atomic E-state index is 13.4. The molecule has 0 fully saturated rings. The fourth-order valence-corrected chi connectivity index (χ4v) is 4.77. The zero-order valence-corrected chi connectivity index (χ0v) is 17.4. The lowest BCUT2D eigenvalue weighted by Crippen LogP contribution is -2.22. The molecule has 0 atom stereocenters. The van der Waals surface area contributed by atoms with Crippen molar-refractivity contribution in [2.24, 2.45) is 21.7 Å². The van der Waals surface area contributed by atoms with Gasteiger partial charge in [0.05, 0.1) is 16.1 Å². The van der Waals surface area contributed by atoms with E-state index in [2.05, 4.69) is 10.2 Å². The van der Waals surface area contributed by atoms with Crippen LogP contribution in [-0.2, 0) is 16.4 Å². The van der Waals surface area contributed by atoms with E-state index in [-0.39, 0.29) is 10.9 Å². The molecule has 8 heteroatoms. The van der Waals surface area contributed by atoms with Gasteiger partial charge in [-0.05, 0) is 23.8 Å². The number of fused-ring (bicyclic) bond motifs is 1. The third-order valence-corrected chi connectivity index (χ3v) is 6.48. The average Bonchev–Trinajstić information content (AvgIpc) is 3.18. The van der Waals surface area contributed by atoms with Crippen molar-refractivity contribution in [3.8, 4) is 0 Å². The Morgan fingerprint density at radius 3 is 2.10 bits per heavy atom. The summed E-state index contributed by atoms with van der Waals surface area (Å²) in [7, 11) is -3.81. The number of hydrogen-bond donors (Lipinski definition) is 2. The van der Waals surface area contributed by atoms with Gasteiger partial charge < -0.3 is 11.5 Å². The first-order chi connectivity index (χ1) is 15.0. The van der Waals surface area contributed by atoms with Gasteiger partial charge in [0.2, 0.25) is 5.96 Å². The highest BCUT2D eigenvalue weighted by Crippen LogP contribution is 2.27. The predicted octanol–water partition coefficient (Wildman–Crippen LogP) is 3.10. The number of nitrogens with zero attached hydrogens (tertiary/aromatic N) is 3. The summed E-state index contributed by atoms with van der Waals surface area (Å²) in [5.41, 5.74) is 13.7. The summed E-state index contributed by atoms with van der Waals surface area (Å²) < 4.78 is 28.0. The molecule has 3 aromatic carbocycles. The van der Waals surface area contributed by atoms with Gasteiger partial charge in [0.15, 0.2) is 0 Å². The smallest absolute Gasteiger partial charge is 0.268 e. The van der Waals surface area contributed by atoms with Crippen LogP contribution < -0.4 is 11.5 Å². The second-order valence-corrected chi connectivity index (χ2v) is 8.72. The van der Waals surface area contributed by atoms with Crippen LogP contribution in [0.1, 0.15) is 11.1 Å². The van der Waals surface area contributed by atoms with Crippen LogP contribution >= 0.6 is 0 Å². The van der Waals surface area contributed by atoms with Crippen molar-refractivity contribution >= 4 is 32.6 Å². The zero-order valence-electron chi connectivity index (χ0n) is 16.6. The van der Waals surface area contributed by atoms with Crippen LogP contribution in [0.5, 0.6) is 0 Å². The SMILES string of the molecule is NC(N)=N/N=C(/Cc1ccccc1)c1cn(S(=O)(=O)c2ccccc2)c2ccccc12. The largest absolute Gasteiger partial charge is 0.369 e. The van der Waals surface area contributed by atoms with Gasteiger partial charge in [0, 0.05) is 23.6 Å². The Kier molecular flexibility index (Phi) is 5.55. The minimum atomic E-state index is -3.81. The first kappa shape index (κ1) is 20.4. The van der Waals surface area contributed by atoms with Crippen molar-refractivity contribution in [1.82, 2.24) is 3.97 Å². The van der Waals surface area contributed by atoms with Crippen molar-refractivity contribution in [2.75, 3.05) is 0 Å². The topological polar surface area (TPSA) is 116 Å². The van der Waals surface area contributed by atoms with Crippen LogP contribution in [0.25, 0.3) is 10.9 Å². The fraction of sp³-hybridized carbons (Fsp3) is 0.0435. The third-order valence-electron chi connectivity index (χ3n) is 4.79. The van der Waals surface area contributed by atoms with Crippen LogP contribution in [0.4, 0.5) is 0 Å². The molecule has 0 aliphatic rings. The first-order valence-corrected chi connectivity index (χ1v) is 11.0. The third kappa shape index (κ3) is 4.19. The molecular weight excluding hydrogens is 410 g/mol. The average molecular weight is 432 g/mol. The van der Waals surface area contributed by atoms with Crippen LogP contribution in [0.3, 0.4) is 0 Å². The molecule has 4 aromatic rings. The molecule has 1 aromatic heterocycles. The molecule has 0 radical (unpaired) electrons. The standard InChI is InChI=1S/C23H21N5O2S/c24-23(25)27-26-21(15-17-9-3-1-4-10-17)20-16-28(22-14-8-7-13-19(20)22)31(29,30)18-11-5-2-6-12-18/h1-14,16H,15H2,(H4,24,25,27)/b26-21-. The molecule has 156 valence electrons. The Bertz CT molecular complexity index is 1370. The van der Waals surface area contributed by atoms with E-state index < -0.39 is 10.0 Å². The molecule has 0 saturated carbocycles. The van der Waals surface area contributed by atoms with E-state index in [1.165, 1.54) is 3.97 Å². The Labute approximate surface area is 180 Å². The van der Waals surface area contributed by atoms with Gasteiger partial charge in [-0.15, -0.1) is 5.10 Å². The Morgan fingerprint density at radius 1 is 0.806 bits per heavy atom. The molecule has 0 saturated heterocycles. The highest BCUT2D eigenvalue weighted by Gasteiger charge is 2.23. The summed E-state index contributed by atoms with van der Waals surface area (Å²) in [5, 5.41) is 8.83. The minimum absolute atomic E-state index is 0.175. The molecule has 0 spiro atoms. The van der Waals surface area contributed by atoms with Gasteiger partial charge in [-0.1, -0.05) is 66.7 Å². The van der Waals surface area contributed by atoms with Crippen molar-refractivity contribution in [1.29, 1.82) is 0 Å². The van der Waals surface area contributed by atoms with E-state index in [0.717, 1.165) is 10.9 Å². The number of hydrogen-bond acceptors (Lipinski definition) is 4. The van der Waals surface area contributed by atoms with Crippen LogP contribution in [-0.4, -0.2) is 24.1 Å². The fourth-order valence-electron chi connectivity index (χ4n) is 3.38. The van der Waals surface area contributed by atoms with Gasteiger partial charge in [-0.2, -0.15) is 5.10 Å². The summed E-state index contributed by atoms with van der Waals surface area (Å²) in [6.45, 7) is 0. The van der Waals surface area contributed by atoms with E-state index in [1.807, 2.05) is 42.5 Å². The van der Waals surface area contributed by atoms with E-state index in [1.54, 1.807) is 48.7 Å². The zero-order chi connectivity index (χ0) is 21.8. The molecule has 4 rings (SSSR count). The van der Waals surface area contributed by atoms with Gasteiger partial charge in [0.1, 0.15) is 0 Å². The lowest BCUT2D eigenvalue weighted by molar-refractivity contribution is 0.589. The van der Waals surface area contributed by atoms with Crippen molar-refractivity contribution in [2.45, 2.75) is 11.3 Å². The predicted molar refractivity (Wildman–Crippen MR) is 123 cm³/mol. The van der Waals surface area contributed by atoms with E-state index in [0.29, 0.717) is 23.2 Å². The molecular formula is C23H21N5O2S. The van der Waals surface area contributed by atoms with E-state index >= 15 is 0 Å². The van der Waals surface area contributed by atoms with Crippen LogP contribution in [0, 0.1) is 0 Å². The van der Waals surface area contributed by atoms with Gasteiger partial charge >= 0.3 is 0 Å². The number of para-hydroxylation sites is 1.